The van der Waals surface area contributed by atoms with Crippen molar-refractivity contribution in [2.75, 3.05) is 5.32 Å². The Labute approximate surface area is 153 Å². The van der Waals surface area contributed by atoms with E-state index in [1.54, 1.807) is 43.8 Å². The number of ether oxygens (including phenoxy) is 1. The number of halogens is 3. The summed E-state index contributed by atoms with van der Waals surface area (Å²) in [6, 6.07) is 5.28. The van der Waals surface area contributed by atoms with Crippen LogP contribution < -0.4 is 5.32 Å². The minimum atomic E-state index is -0.573. The second-order valence-corrected chi connectivity index (χ2v) is 7.58. The van der Waals surface area contributed by atoms with Crippen LogP contribution in [0.4, 0.5) is 10.6 Å². The first-order valence-corrected chi connectivity index (χ1v) is 8.36. The summed E-state index contributed by atoms with van der Waals surface area (Å²) in [6.07, 6.45) is 1.19. The van der Waals surface area contributed by atoms with E-state index in [1.807, 2.05) is 6.07 Å². The van der Waals surface area contributed by atoms with Gasteiger partial charge in [-0.15, -0.1) is 0 Å². The molecule has 0 spiro atoms. The Bertz CT molecular complexity index is 726. The van der Waals surface area contributed by atoms with Crippen LogP contribution in [0, 0.1) is 0 Å². The van der Waals surface area contributed by atoms with E-state index >= 15 is 0 Å². The summed E-state index contributed by atoms with van der Waals surface area (Å²) in [4.78, 5) is 11.8. The number of aromatic nitrogens is 2. The quantitative estimate of drug-likeness (QED) is 0.728. The number of amides is 1. The van der Waals surface area contributed by atoms with Crippen LogP contribution in [0.2, 0.25) is 10.0 Å². The minimum absolute atomic E-state index is 0.379. The van der Waals surface area contributed by atoms with Crippen molar-refractivity contribution in [2.45, 2.75) is 32.9 Å². The number of rotatable bonds is 3. The third-order valence-corrected chi connectivity index (χ3v) is 3.85. The summed E-state index contributed by atoms with van der Waals surface area (Å²) < 4.78 is 7.51. The molecular weight excluding hydrogens is 405 g/mol. The lowest BCUT2D eigenvalue weighted by Gasteiger charge is -2.19. The Morgan fingerprint density at radius 1 is 1.39 bits per heavy atom. The zero-order chi connectivity index (χ0) is 17.2. The van der Waals surface area contributed by atoms with Crippen LogP contribution in [0.25, 0.3) is 0 Å². The Morgan fingerprint density at radius 2 is 2.09 bits per heavy atom. The molecule has 124 valence electrons. The van der Waals surface area contributed by atoms with Crippen molar-refractivity contribution in [3.8, 4) is 0 Å². The van der Waals surface area contributed by atoms with E-state index in [4.69, 9.17) is 27.9 Å². The van der Waals surface area contributed by atoms with Crippen LogP contribution in [-0.2, 0) is 11.3 Å². The largest absolute Gasteiger partial charge is 0.444 e. The summed E-state index contributed by atoms with van der Waals surface area (Å²) in [5, 5.41) is 8.04. The predicted molar refractivity (Wildman–Crippen MR) is 95.3 cm³/mol. The molecule has 0 radical (unpaired) electrons. The predicted octanol–water partition coefficient (Wildman–Crippen LogP) is 5.35. The monoisotopic (exact) mass is 419 g/mol. The highest BCUT2D eigenvalue weighted by Crippen LogP contribution is 2.25. The molecule has 1 heterocycles. The molecule has 0 aliphatic carbocycles. The van der Waals surface area contributed by atoms with Gasteiger partial charge < -0.3 is 4.74 Å². The van der Waals surface area contributed by atoms with Gasteiger partial charge in [-0.2, -0.15) is 5.10 Å². The fourth-order valence-corrected chi connectivity index (χ4v) is 2.67. The Morgan fingerprint density at radius 3 is 2.70 bits per heavy atom. The van der Waals surface area contributed by atoms with Gasteiger partial charge in [0, 0.05) is 16.2 Å². The molecule has 1 N–H and O–H groups in total. The molecule has 2 rings (SSSR count). The van der Waals surface area contributed by atoms with Crippen molar-refractivity contribution in [1.82, 2.24) is 9.78 Å². The van der Waals surface area contributed by atoms with Gasteiger partial charge in [0.05, 0.1) is 11.0 Å². The first-order valence-electron chi connectivity index (χ1n) is 6.81. The van der Waals surface area contributed by atoms with Crippen LogP contribution in [-0.4, -0.2) is 21.5 Å². The smallest absolute Gasteiger partial charge is 0.413 e. The fraction of sp³-hybridized carbons (Fsp3) is 0.333. The van der Waals surface area contributed by atoms with Gasteiger partial charge in [-0.05, 0) is 54.4 Å². The van der Waals surface area contributed by atoms with Gasteiger partial charge in [-0.1, -0.05) is 29.3 Å². The van der Waals surface area contributed by atoms with Crippen LogP contribution in [0.15, 0.2) is 28.9 Å². The lowest BCUT2D eigenvalue weighted by molar-refractivity contribution is 0.0635. The van der Waals surface area contributed by atoms with Crippen LogP contribution >= 0.6 is 39.1 Å². The summed E-state index contributed by atoms with van der Waals surface area (Å²) in [5.74, 6) is 0.379. The molecular formula is C15H16BrCl2N3O2. The molecule has 5 nitrogen and oxygen atoms in total. The van der Waals surface area contributed by atoms with Crippen molar-refractivity contribution in [3.63, 3.8) is 0 Å². The molecule has 8 heteroatoms. The standard InChI is InChI=1S/C15H16BrCl2N3O2/c1-15(2,3)23-14(22)19-13-11(16)8-21(20-13)7-9-4-5-10(17)6-12(9)18/h4-6,8H,7H2,1-3H3,(H,19,20,22). The van der Waals surface area contributed by atoms with E-state index in [0.29, 0.717) is 26.9 Å². The molecule has 1 amide bonds. The highest BCUT2D eigenvalue weighted by molar-refractivity contribution is 9.10. The molecule has 0 bridgehead atoms. The van der Waals surface area contributed by atoms with Gasteiger partial charge in [0.15, 0.2) is 5.82 Å². The number of nitrogens with zero attached hydrogens (tertiary/aromatic N) is 2. The first-order chi connectivity index (χ1) is 10.6. The SMILES string of the molecule is CC(C)(C)OC(=O)Nc1nn(Cc2ccc(Cl)cc2Cl)cc1Br. The molecule has 0 saturated heterocycles. The van der Waals surface area contributed by atoms with Gasteiger partial charge in [-0.25, -0.2) is 4.79 Å². The summed E-state index contributed by atoms with van der Waals surface area (Å²) in [6.45, 7) is 5.83. The highest BCUT2D eigenvalue weighted by atomic mass is 79.9. The molecule has 2 aromatic rings. The zero-order valence-electron chi connectivity index (χ0n) is 12.9. The fourth-order valence-electron chi connectivity index (χ4n) is 1.79. The molecule has 1 aromatic carbocycles. The second-order valence-electron chi connectivity index (χ2n) is 5.89. The zero-order valence-corrected chi connectivity index (χ0v) is 16.0. The maximum absolute atomic E-state index is 11.8. The highest BCUT2D eigenvalue weighted by Gasteiger charge is 2.18. The molecule has 23 heavy (non-hydrogen) atoms. The third kappa shape index (κ3) is 5.41. The van der Waals surface area contributed by atoms with E-state index in [2.05, 4.69) is 26.3 Å². The average Bonchev–Trinajstić information content (AvgIpc) is 2.71. The Hall–Kier alpha value is -1.24. The molecule has 0 unspecified atom stereocenters. The van der Waals surface area contributed by atoms with Crippen LogP contribution in [0.1, 0.15) is 26.3 Å². The van der Waals surface area contributed by atoms with E-state index in [9.17, 15) is 4.79 Å². The van der Waals surface area contributed by atoms with E-state index in [-0.39, 0.29) is 0 Å². The summed E-state index contributed by atoms with van der Waals surface area (Å²) >= 11 is 15.4. The third-order valence-electron chi connectivity index (χ3n) is 2.68. The number of carbonyl (C=O) groups is 1. The molecule has 0 aliphatic heterocycles. The van der Waals surface area contributed by atoms with Crippen molar-refractivity contribution >= 4 is 51.0 Å². The first kappa shape index (κ1) is 18.1. The lowest BCUT2D eigenvalue weighted by atomic mass is 10.2. The number of anilines is 1. The number of hydrogen-bond acceptors (Lipinski definition) is 3. The van der Waals surface area contributed by atoms with Gasteiger partial charge in [0.2, 0.25) is 0 Å². The maximum atomic E-state index is 11.8. The van der Waals surface area contributed by atoms with Crippen LogP contribution in [0.3, 0.4) is 0 Å². The topological polar surface area (TPSA) is 56.1 Å². The molecule has 0 atom stereocenters. The van der Waals surface area contributed by atoms with Gasteiger partial charge in [0.1, 0.15) is 5.60 Å². The number of hydrogen-bond donors (Lipinski definition) is 1. The average molecular weight is 421 g/mol. The normalized spacial score (nSPS) is 11.4. The van der Waals surface area contributed by atoms with Crippen molar-refractivity contribution in [1.29, 1.82) is 0 Å². The van der Waals surface area contributed by atoms with E-state index in [0.717, 1.165) is 5.56 Å². The van der Waals surface area contributed by atoms with Gasteiger partial charge in [-0.3, -0.25) is 10.00 Å². The summed E-state index contributed by atoms with van der Waals surface area (Å²) in [7, 11) is 0. The Balaban J connectivity index is 2.10. The Kier molecular flexibility index (Phi) is 5.60. The van der Waals surface area contributed by atoms with Crippen molar-refractivity contribution in [3.05, 3.63) is 44.5 Å². The van der Waals surface area contributed by atoms with Crippen molar-refractivity contribution in [2.24, 2.45) is 0 Å². The molecule has 0 saturated carbocycles. The molecule has 0 fully saturated rings. The molecule has 0 aliphatic rings. The van der Waals surface area contributed by atoms with Gasteiger partial charge >= 0.3 is 6.09 Å². The number of nitrogens with one attached hydrogen (secondary N) is 1. The van der Waals surface area contributed by atoms with Crippen LogP contribution in [0.5, 0.6) is 0 Å². The summed E-state index contributed by atoms with van der Waals surface area (Å²) in [5.41, 5.74) is 0.297. The van der Waals surface area contributed by atoms with E-state index in [1.165, 1.54) is 0 Å². The number of carbonyl (C=O) groups excluding carboxylic acids is 1. The van der Waals surface area contributed by atoms with Gasteiger partial charge in [0.25, 0.3) is 0 Å². The van der Waals surface area contributed by atoms with Crippen molar-refractivity contribution < 1.29 is 9.53 Å². The minimum Gasteiger partial charge on any atom is -0.444 e. The molecule has 1 aromatic heterocycles. The van der Waals surface area contributed by atoms with E-state index < -0.39 is 11.7 Å². The second kappa shape index (κ2) is 7.11. The number of benzene rings is 1. The maximum Gasteiger partial charge on any atom is 0.413 e. The lowest BCUT2D eigenvalue weighted by Crippen LogP contribution is -2.27.